The molecule has 1 aromatic carbocycles. The molecule has 0 saturated heterocycles. The summed E-state index contributed by atoms with van der Waals surface area (Å²) in [5.74, 6) is 0. The summed E-state index contributed by atoms with van der Waals surface area (Å²) in [7, 11) is 2.00. The zero-order chi connectivity index (χ0) is 11.0. The maximum atomic E-state index is 4.43. The van der Waals surface area contributed by atoms with E-state index in [2.05, 4.69) is 21.3 Å². The van der Waals surface area contributed by atoms with Gasteiger partial charge in [0.25, 0.3) is 0 Å². The Morgan fingerprint density at radius 3 is 3.06 bits per heavy atom. The second-order valence-electron chi connectivity index (χ2n) is 3.83. The van der Waals surface area contributed by atoms with Crippen molar-refractivity contribution < 1.29 is 0 Å². The quantitative estimate of drug-likeness (QED) is 0.786. The molecule has 2 heterocycles. The molecule has 0 aliphatic carbocycles. The molecule has 1 aromatic heterocycles. The van der Waals surface area contributed by atoms with E-state index in [0.717, 1.165) is 16.6 Å². The number of aromatic amines is 1. The van der Waals surface area contributed by atoms with Crippen molar-refractivity contribution in [3.63, 3.8) is 0 Å². The number of nitrogens with one attached hydrogen (secondary N) is 1. The van der Waals surface area contributed by atoms with E-state index in [0.29, 0.717) is 0 Å². The van der Waals surface area contributed by atoms with Crippen LogP contribution in [0.4, 0.5) is 0 Å². The summed E-state index contributed by atoms with van der Waals surface area (Å²) in [5, 5.41) is 8.52. The number of fused-ring (bicyclic) bond motifs is 1. The fourth-order valence-electron chi connectivity index (χ4n) is 1.94. The lowest BCUT2D eigenvalue weighted by Gasteiger charge is -2.23. The summed E-state index contributed by atoms with van der Waals surface area (Å²) >= 11 is 0. The second kappa shape index (κ2) is 3.48. The number of para-hydroxylation sites is 1. The summed E-state index contributed by atoms with van der Waals surface area (Å²) in [6.07, 6.45) is 5.71. The van der Waals surface area contributed by atoms with Crippen molar-refractivity contribution in [2.45, 2.75) is 6.17 Å². The smallest absolute Gasteiger partial charge is 0.165 e. The molecular formula is C12H12N4. The van der Waals surface area contributed by atoms with Gasteiger partial charge in [-0.15, -0.1) is 0 Å². The Balaban J connectivity index is 2.12. The molecule has 16 heavy (non-hydrogen) atoms. The minimum Gasteiger partial charge on any atom is -0.354 e. The van der Waals surface area contributed by atoms with Crippen LogP contribution in [0.25, 0.3) is 10.9 Å². The number of hydrogen-bond acceptors (Lipinski definition) is 3. The highest BCUT2D eigenvalue weighted by atomic mass is 15.3. The van der Waals surface area contributed by atoms with Gasteiger partial charge in [0.15, 0.2) is 6.17 Å². The van der Waals surface area contributed by atoms with Crippen molar-refractivity contribution in [2.75, 3.05) is 7.05 Å². The van der Waals surface area contributed by atoms with Crippen LogP contribution in [0.15, 0.2) is 41.5 Å². The molecule has 80 valence electrons. The molecule has 0 saturated carbocycles. The van der Waals surface area contributed by atoms with Gasteiger partial charge in [0.1, 0.15) is 5.69 Å². The standard InChI is InChI=1S/C12H12N4/c1-16-8-4-7-13-12(16)11-9-5-2-3-6-10(9)14-15-11/h2-8,12H,1H3,(H,14,15). The molecule has 2 aromatic rings. The third kappa shape index (κ3) is 1.31. The monoisotopic (exact) mass is 212 g/mol. The Bertz CT molecular complexity index is 567. The van der Waals surface area contributed by atoms with E-state index in [9.17, 15) is 0 Å². The lowest BCUT2D eigenvalue weighted by atomic mass is 10.1. The largest absolute Gasteiger partial charge is 0.354 e. The Morgan fingerprint density at radius 2 is 2.19 bits per heavy atom. The molecule has 0 bridgehead atoms. The number of nitrogens with zero attached hydrogens (tertiary/aromatic N) is 3. The van der Waals surface area contributed by atoms with Crippen molar-refractivity contribution >= 4 is 17.1 Å². The molecule has 3 rings (SSSR count). The van der Waals surface area contributed by atoms with Gasteiger partial charge in [0, 0.05) is 24.8 Å². The van der Waals surface area contributed by atoms with Crippen LogP contribution in [0.3, 0.4) is 0 Å². The van der Waals surface area contributed by atoms with Gasteiger partial charge in [-0.25, -0.2) is 0 Å². The van der Waals surface area contributed by atoms with Crippen molar-refractivity contribution in [3.8, 4) is 0 Å². The maximum absolute atomic E-state index is 4.43. The first-order valence-corrected chi connectivity index (χ1v) is 5.21. The van der Waals surface area contributed by atoms with Gasteiger partial charge in [-0.2, -0.15) is 5.10 Å². The number of aliphatic imine (C=N–C) groups is 1. The summed E-state index contributed by atoms with van der Waals surface area (Å²) < 4.78 is 0. The van der Waals surface area contributed by atoms with Crippen LogP contribution in [0, 0.1) is 0 Å². The summed E-state index contributed by atoms with van der Waals surface area (Å²) in [5.41, 5.74) is 2.02. The van der Waals surface area contributed by atoms with Gasteiger partial charge in [-0.05, 0) is 12.1 Å². The van der Waals surface area contributed by atoms with Crippen LogP contribution in [-0.4, -0.2) is 28.4 Å². The minimum atomic E-state index is -0.0267. The van der Waals surface area contributed by atoms with Crippen molar-refractivity contribution in [1.82, 2.24) is 15.1 Å². The van der Waals surface area contributed by atoms with Gasteiger partial charge in [-0.1, -0.05) is 18.2 Å². The maximum Gasteiger partial charge on any atom is 0.165 e. The first kappa shape index (κ1) is 9.15. The molecule has 0 radical (unpaired) electrons. The van der Waals surface area contributed by atoms with Gasteiger partial charge in [0.2, 0.25) is 0 Å². The normalized spacial score (nSPS) is 19.6. The number of H-pyrrole nitrogens is 1. The SMILES string of the molecule is CN1C=CC=NC1c1n[nH]c2ccccc12. The first-order chi connectivity index (χ1) is 7.86. The zero-order valence-corrected chi connectivity index (χ0v) is 8.96. The van der Waals surface area contributed by atoms with Gasteiger partial charge in [-0.3, -0.25) is 10.1 Å². The van der Waals surface area contributed by atoms with E-state index in [1.54, 1.807) is 0 Å². The number of hydrogen-bond donors (Lipinski definition) is 1. The van der Waals surface area contributed by atoms with Gasteiger partial charge in [0.05, 0.1) is 5.52 Å². The van der Waals surface area contributed by atoms with E-state index in [1.807, 2.05) is 48.6 Å². The van der Waals surface area contributed by atoms with Gasteiger partial charge >= 0.3 is 0 Å². The first-order valence-electron chi connectivity index (χ1n) is 5.21. The molecular weight excluding hydrogens is 200 g/mol. The van der Waals surface area contributed by atoms with Crippen LogP contribution < -0.4 is 0 Å². The van der Waals surface area contributed by atoms with E-state index in [-0.39, 0.29) is 6.17 Å². The minimum absolute atomic E-state index is 0.0267. The fraction of sp³-hybridized carbons (Fsp3) is 0.167. The number of rotatable bonds is 1. The molecule has 1 atom stereocenters. The topological polar surface area (TPSA) is 44.3 Å². The van der Waals surface area contributed by atoms with Crippen molar-refractivity contribution in [1.29, 1.82) is 0 Å². The highest BCUT2D eigenvalue weighted by Crippen LogP contribution is 2.27. The Kier molecular flexibility index (Phi) is 1.99. The Labute approximate surface area is 93.3 Å². The van der Waals surface area contributed by atoms with Crippen LogP contribution in [-0.2, 0) is 0 Å². The lowest BCUT2D eigenvalue weighted by molar-refractivity contribution is 0.340. The highest BCUT2D eigenvalue weighted by molar-refractivity contribution is 5.82. The summed E-state index contributed by atoms with van der Waals surface area (Å²) in [4.78, 5) is 6.48. The van der Waals surface area contributed by atoms with Crippen molar-refractivity contribution in [3.05, 3.63) is 42.2 Å². The predicted molar refractivity (Wildman–Crippen MR) is 64.2 cm³/mol. The van der Waals surface area contributed by atoms with Crippen LogP contribution in [0.1, 0.15) is 11.9 Å². The molecule has 0 amide bonds. The van der Waals surface area contributed by atoms with Crippen LogP contribution in [0.5, 0.6) is 0 Å². The third-order valence-corrected chi connectivity index (χ3v) is 2.76. The van der Waals surface area contributed by atoms with E-state index < -0.39 is 0 Å². The Hall–Kier alpha value is -2.10. The lowest BCUT2D eigenvalue weighted by Crippen LogP contribution is -2.20. The van der Waals surface area contributed by atoms with Gasteiger partial charge < -0.3 is 4.90 Å². The van der Waals surface area contributed by atoms with Crippen LogP contribution >= 0.6 is 0 Å². The molecule has 4 nitrogen and oxygen atoms in total. The zero-order valence-electron chi connectivity index (χ0n) is 8.96. The average Bonchev–Trinajstić information content (AvgIpc) is 2.74. The van der Waals surface area contributed by atoms with Crippen LogP contribution in [0.2, 0.25) is 0 Å². The molecule has 1 N–H and O–H groups in total. The van der Waals surface area contributed by atoms with E-state index in [4.69, 9.17) is 0 Å². The van der Waals surface area contributed by atoms with Crippen molar-refractivity contribution in [2.24, 2.45) is 4.99 Å². The predicted octanol–water partition coefficient (Wildman–Crippen LogP) is 2.09. The number of benzene rings is 1. The van der Waals surface area contributed by atoms with E-state index >= 15 is 0 Å². The second-order valence-corrected chi connectivity index (χ2v) is 3.83. The third-order valence-electron chi connectivity index (χ3n) is 2.76. The molecule has 1 aliphatic rings. The summed E-state index contributed by atoms with van der Waals surface area (Å²) in [6.45, 7) is 0. The number of allylic oxidation sites excluding steroid dienone is 1. The molecule has 1 unspecified atom stereocenters. The molecule has 4 heteroatoms. The number of aromatic nitrogens is 2. The van der Waals surface area contributed by atoms with E-state index in [1.165, 1.54) is 0 Å². The average molecular weight is 212 g/mol. The summed E-state index contributed by atoms with van der Waals surface area (Å²) in [6, 6.07) is 8.10. The molecule has 1 aliphatic heterocycles. The fourth-order valence-corrected chi connectivity index (χ4v) is 1.94. The Morgan fingerprint density at radius 1 is 1.31 bits per heavy atom. The molecule has 0 fully saturated rings. The highest BCUT2D eigenvalue weighted by Gasteiger charge is 2.19. The molecule has 0 spiro atoms.